The molecule has 0 aliphatic rings. The van der Waals surface area contributed by atoms with Gasteiger partial charge in [-0.05, 0) is 13.2 Å². The molecule has 3 nitrogen and oxygen atoms in total. The fourth-order valence-electron chi connectivity index (χ4n) is 0.565. The number of hydrogen-bond acceptors (Lipinski definition) is 3. The van der Waals surface area contributed by atoms with Gasteiger partial charge in [0, 0.05) is 7.05 Å². The predicted molar refractivity (Wildman–Crippen MR) is 37.5 cm³/mol. The average Bonchev–Trinajstić information content (AvgIpc) is 2.15. The van der Waals surface area contributed by atoms with Crippen molar-refractivity contribution in [3.05, 3.63) is 5.82 Å². The van der Waals surface area contributed by atoms with E-state index >= 15 is 0 Å². The Morgan fingerprint density at radius 3 is 2.33 bits per heavy atom. The summed E-state index contributed by atoms with van der Waals surface area (Å²) in [6.45, 7) is 1.94. The Morgan fingerprint density at radius 2 is 2.11 bits per heavy atom. The Labute approximate surface area is 58.5 Å². The molecule has 50 valence electrons. The standard InChI is InChI=1S/C5H9N3S/c1-4-6-7-5(9-3)8(4)2/h1-3H3. The van der Waals surface area contributed by atoms with Crippen LogP contribution in [0.1, 0.15) is 5.82 Å². The van der Waals surface area contributed by atoms with Gasteiger partial charge in [0.15, 0.2) is 5.16 Å². The molecule has 0 saturated heterocycles. The Bertz CT molecular complexity index is 206. The van der Waals surface area contributed by atoms with Gasteiger partial charge in [-0.2, -0.15) is 0 Å². The molecule has 9 heavy (non-hydrogen) atoms. The molecule has 0 radical (unpaired) electrons. The van der Waals surface area contributed by atoms with Crippen LogP contribution in [0.3, 0.4) is 0 Å². The zero-order valence-corrected chi connectivity index (χ0v) is 6.57. The number of nitrogens with zero attached hydrogens (tertiary/aromatic N) is 3. The molecule has 0 spiro atoms. The first kappa shape index (κ1) is 6.61. The van der Waals surface area contributed by atoms with E-state index in [-0.39, 0.29) is 0 Å². The van der Waals surface area contributed by atoms with Gasteiger partial charge in [-0.15, -0.1) is 10.2 Å². The minimum Gasteiger partial charge on any atom is -0.309 e. The number of thioether (sulfide) groups is 1. The molecule has 0 saturated carbocycles. The molecule has 0 atom stereocenters. The Kier molecular flexibility index (Phi) is 1.75. The highest BCUT2D eigenvalue weighted by Gasteiger charge is 2.00. The van der Waals surface area contributed by atoms with Gasteiger partial charge in [-0.25, -0.2) is 0 Å². The molecule has 1 aromatic rings. The molecule has 1 heterocycles. The SMILES string of the molecule is CSc1nnc(C)n1C. The second-order valence-corrected chi connectivity index (χ2v) is 2.57. The number of rotatable bonds is 1. The molecular weight excluding hydrogens is 134 g/mol. The van der Waals surface area contributed by atoms with E-state index in [0.717, 1.165) is 11.0 Å². The molecule has 0 unspecified atom stereocenters. The van der Waals surface area contributed by atoms with Crippen molar-refractivity contribution in [2.75, 3.05) is 6.26 Å². The molecule has 1 aromatic heterocycles. The van der Waals surface area contributed by atoms with Crippen LogP contribution in [0.5, 0.6) is 0 Å². The van der Waals surface area contributed by atoms with Crippen LogP contribution in [-0.2, 0) is 7.05 Å². The number of aryl methyl sites for hydroxylation is 1. The van der Waals surface area contributed by atoms with Crippen LogP contribution in [0.4, 0.5) is 0 Å². The minimum atomic E-state index is 0.958. The van der Waals surface area contributed by atoms with E-state index in [1.54, 1.807) is 11.8 Å². The zero-order valence-electron chi connectivity index (χ0n) is 5.75. The molecule has 0 amide bonds. The lowest BCUT2D eigenvalue weighted by Crippen LogP contribution is -1.91. The van der Waals surface area contributed by atoms with Crippen LogP contribution >= 0.6 is 11.8 Å². The molecule has 0 aromatic carbocycles. The fraction of sp³-hybridized carbons (Fsp3) is 0.600. The minimum absolute atomic E-state index is 0.958. The maximum Gasteiger partial charge on any atom is 0.190 e. The van der Waals surface area contributed by atoms with E-state index in [1.165, 1.54) is 0 Å². The highest BCUT2D eigenvalue weighted by atomic mass is 32.2. The molecule has 1 rings (SSSR count). The van der Waals surface area contributed by atoms with Gasteiger partial charge < -0.3 is 4.57 Å². The van der Waals surface area contributed by atoms with Crippen molar-refractivity contribution in [3.63, 3.8) is 0 Å². The topological polar surface area (TPSA) is 30.7 Å². The van der Waals surface area contributed by atoms with Crippen LogP contribution in [0.15, 0.2) is 5.16 Å². The van der Waals surface area contributed by atoms with E-state index in [1.807, 2.05) is 24.8 Å². The van der Waals surface area contributed by atoms with Crippen molar-refractivity contribution < 1.29 is 0 Å². The summed E-state index contributed by atoms with van der Waals surface area (Å²) in [7, 11) is 1.96. The fourth-order valence-corrected chi connectivity index (χ4v) is 1.09. The zero-order chi connectivity index (χ0) is 6.85. The Hall–Kier alpha value is -0.510. The summed E-state index contributed by atoms with van der Waals surface area (Å²) < 4.78 is 1.96. The first-order chi connectivity index (χ1) is 4.25. The third-order valence-corrected chi connectivity index (χ3v) is 1.96. The molecule has 0 aliphatic heterocycles. The van der Waals surface area contributed by atoms with Crippen LogP contribution in [0.2, 0.25) is 0 Å². The van der Waals surface area contributed by atoms with Crippen LogP contribution in [0.25, 0.3) is 0 Å². The maximum absolute atomic E-state index is 3.91. The van der Waals surface area contributed by atoms with Crippen LogP contribution in [0, 0.1) is 6.92 Å². The monoisotopic (exact) mass is 143 g/mol. The van der Waals surface area contributed by atoms with E-state index in [4.69, 9.17) is 0 Å². The first-order valence-electron chi connectivity index (χ1n) is 2.65. The van der Waals surface area contributed by atoms with Crippen molar-refractivity contribution >= 4 is 11.8 Å². The third kappa shape index (κ3) is 1.08. The lowest BCUT2D eigenvalue weighted by molar-refractivity contribution is 0.767. The van der Waals surface area contributed by atoms with E-state index in [0.29, 0.717) is 0 Å². The van der Waals surface area contributed by atoms with Crippen molar-refractivity contribution in [1.82, 2.24) is 14.8 Å². The molecule has 0 bridgehead atoms. The summed E-state index contributed by atoms with van der Waals surface area (Å²) in [5.41, 5.74) is 0. The van der Waals surface area contributed by atoms with Gasteiger partial charge >= 0.3 is 0 Å². The Balaban J connectivity index is 3.04. The largest absolute Gasteiger partial charge is 0.309 e. The van der Waals surface area contributed by atoms with Gasteiger partial charge in [0.05, 0.1) is 0 Å². The maximum atomic E-state index is 3.91. The quantitative estimate of drug-likeness (QED) is 0.546. The van der Waals surface area contributed by atoms with E-state index in [9.17, 15) is 0 Å². The van der Waals surface area contributed by atoms with Gasteiger partial charge in [-0.1, -0.05) is 11.8 Å². The van der Waals surface area contributed by atoms with E-state index in [2.05, 4.69) is 10.2 Å². The van der Waals surface area contributed by atoms with Crippen molar-refractivity contribution in [2.24, 2.45) is 7.05 Å². The summed E-state index contributed by atoms with van der Waals surface area (Å²) >= 11 is 1.61. The Morgan fingerprint density at radius 1 is 1.44 bits per heavy atom. The average molecular weight is 143 g/mol. The first-order valence-corrected chi connectivity index (χ1v) is 3.88. The lowest BCUT2D eigenvalue weighted by atomic mass is 10.7. The normalized spacial score (nSPS) is 10.1. The predicted octanol–water partition coefficient (Wildman–Crippen LogP) is 0.845. The summed E-state index contributed by atoms with van der Waals surface area (Å²) in [6, 6.07) is 0. The van der Waals surface area contributed by atoms with Crippen molar-refractivity contribution in [1.29, 1.82) is 0 Å². The van der Waals surface area contributed by atoms with Crippen molar-refractivity contribution in [3.8, 4) is 0 Å². The summed E-state index contributed by atoms with van der Waals surface area (Å²) in [4.78, 5) is 0. The second kappa shape index (κ2) is 2.39. The molecule has 0 aliphatic carbocycles. The third-order valence-electron chi connectivity index (χ3n) is 1.24. The highest BCUT2D eigenvalue weighted by molar-refractivity contribution is 7.98. The van der Waals surface area contributed by atoms with Crippen LogP contribution < -0.4 is 0 Å². The summed E-state index contributed by atoms with van der Waals surface area (Å²) in [5.74, 6) is 0.958. The van der Waals surface area contributed by atoms with Gasteiger partial charge in [0.25, 0.3) is 0 Å². The molecule has 0 N–H and O–H groups in total. The van der Waals surface area contributed by atoms with Gasteiger partial charge in [0.1, 0.15) is 5.82 Å². The van der Waals surface area contributed by atoms with Crippen molar-refractivity contribution in [2.45, 2.75) is 12.1 Å². The van der Waals surface area contributed by atoms with Crippen LogP contribution in [-0.4, -0.2) is 21.0 Å². The second-order valence-electron chi connectivity index (χ2n) is 1.79. The molecular formula is C5H9N3S. The number of aromatic nitrogens is 3. The smallest absolute Gasteiger partial charge is 0.190 e. The highest BCUT2D eigenvalue weighted by Crippen LogP contribution is 2.09. The molecule has 0 fully saturated rings. The summed E-state index contributed by atoms with van der Waals surface area (Å²) in [6.07, 6.45) is 1.99. The van der Waals surface area contributed by atoms with Gasteiger partial charge in [-0.3, -0.25) is 0 Å². The van der Waals surface area contributed by atoms with Gasteiger partial charge in [0.2, 0.25) is 0 Å². The van der Waals surface area contributed by atoms with E-state index < -0.39 is 0 Å². The molecule has 4 heteroatoms. The summed E-state index contributed by atoms with van der Waals surface area (Å²) in [5, 5.41) is 8.75. The number of hydrogen-bond donors (Lipinski definition) is 0. The lowest BCUT2D eigenvalue weighted by Gasteiger charge is -1.93.